The van der Waals surface area contributed by atoms with Crippen LogP contribution in [-0.2, 0) is 14.3 Å². The van der Waals surface area contributed by atoms with Crippen molar-refractivity contribution in [3.63, 3.8) is 0 Å². The number of thioether (sulfide) groups is 1. The van der Waals surface area contributed by atoms with Crippen molar-refractivity contribution in [2.24, 2.45) is 0 Å². The van der Waals surface area contributed by atoms with Crippen molar-refractivity contribution in [2.75, 3.05) is 19.5 Å². The van der Waals surface area contributed by atoms with Crippen LogP contribution in [0.5, 0.6) is 5.75 Å². The molecular weight excluding hydrogens is 531 g/mol. The first kappa shape index (κ1) is 26.8. The maximum atomic E-state index is 13.9. The topological polar surface area (TPSA) is 92.4 Å². The highest BCUT2D eigenvalue weighted by molar-refractivity contribution is 7.99. The van der Waals surface area contributed by atoms with E-state index in [0.717, 1.165) is 28.6 Å². The smallest absolute Gasteiger partial charge is 0.313 e. The first-order valence-corrected chi connectivity index (χ1v) is 13.7. The maximum Gasteiger partial charge on any atom is 0.313 e. The lowest BCUT2D eigenvalue weighted by Crippen LogP contribution is -2.23. The van der Waals surface area contributed by atoms with Gasteiger partial charge in [-0.05, 0) is 68.4 Å². The number of aryl methyl sites for hydroxylation is 2. The molecule has 37 heavy (non-hydrogen) atoms. The third-order valence-corrected chi connectivity index (χ3v) is 8.01. The summed E-state index contributed by atoms with van der Waals surface area (Å²) in [5.41, 5.74) is 3.60. The lowest BCUT2D eigenvalue weighted by Gasteiger charge is -2.15. The number of fused-ring (bicyclic) bond motifs is 1. The Balaban J connectivity index is 1.90. The summed E-state index contributed by atoms with van der Waals surface area (Å²) >= 11 is 7.91. The number of nitrogens with zero attached hydrogens (tertiary/aromatic N) is 3. The quantitative estimate of drug-likeness (QED) is 0.0914. The number of ketones is 1. The predicted octanol–water partition coefficient (Wildman–Crippen LogP) is 5.21. The molecule has 0 saturated heterocycles. The summed E-state index contributed by atoms with van der Waals surface area (Å²) in [7, 11) is 1.52. The molecule has 0 amide bonds. The molecule has 0 unspecified atom stereocenters. The molecule has 8 nitrogen and oxygen atoms in total. The van der Waals surface area contributed by atoms with E-state index in [1.165, 1.54) is 23.0 Å². The minimum absolute atomic E-state index is 0.0690. The summed E-state index contributed by atoms with van der Waals surface area (Å²) in [4.78, 5) is 43.0. The molecule has 2 heterocycles. The SMILES string of the molecule is CCOC(=O)CC(=O)CSc1nc2c(sc(=S)n2-c2ccc(C)c(C)c2)c(=O)n1-c1ccccc1OC. The molecule has 192 valence electrons. The minimum atomic E-state index is -0.584. The molecule has 2 aromatic heterocycles. The molecule has 4 aromatic rings. The molecule has 0 N–H and O–H groups in total. The van der Waals surface area contributed by atoms with Crippen LogP contribution in [0.15, 0.2) is 52.4 Å². The third kappa shape index (κ3) is 5.53. The largest absolute Gasteiger partial charge is 0.495 e. The molecule has 2 aromatic carbocycles. The van der Waals surface area contributed by atoms with Gasteiger partial charge in [0.15, 0.2) is 20.5 Å². The van der Waals surface area contributed by atoms with Gasteiger partial charge >= 0.3 is 5.97 Å². The van der Waals surface area contributed by atoms with Crippen molar-refractivity contribution in [1.29, 1.82) is 0 Å². The number of thiazole rings is 1. The zero-order chi connectivity index (χ0) is 26.7. The van der Waals surface area contributed by atoms with Gasteiger partial charge in [0, 0.05) is 5.69 Å². The van der Waals surface area contributed by atoms with Gasteiger partial charge in [-0.1, -0.05) is 41.3 Å². The van der Waals surface area contributed by atoms with Crippen molar-refractivity contribution in [3.8, 4) is 17.1 Å². The molecule has 4 rings (SSSR count). The molecule has 0 atom stereocenters. The van der Waals surface area contributed by atoms with Gasteiger partial charge in [-0.2, -0.15) is 0 Å². The monoisotopic (exact) mass is 555 g/mol. The number of ether oxygens (including phenoxy) is 2. The lowest BCUT2D eigenvalue weighted by molar-refractivity contribution is -0.145. The Morgan fingerprint density at radius 1 is 1.11 bits per heavy atom. The highest BCUT2D eigenvalue weighted by Gasteiger charge is 2.22. The summed E-state index contributed by atoms with van der Waals surface area (Å²) in [6.07, 6.45) is -0.348. The number of rotatable bonds is 9. The average Bonchev–Trinajstić information content (AvgIpc) is 3.20. The molecule has 0 aliphatic rings. The van der Waals surface area contributed by atoms with Crippen LogP contribution in [0, 0.1) is 17.8 Å². The fraction of sp³-hybridized carbons (Fsp3) is 0.269. The molecule has 0 aliphatic heterocycles. The zero-order valence-corrected chi connectivity index (χ0v) is 23.2. The Kier molecular flexibility index (Phi) is 8.25. The minimum Gasteiger partial charge on any atom is -0.495 e. The van der Waals surface area contributed by atoms with E-state index in [2.05, 4.69) is 0 Å². The van der Waals surface area contributed by atoms with Crippen molar-refractivity contribution < 1.29 is 19.1 Å². The number of benzene rings is 2. The van der Waals surface area contributed by atoms with Crippen LogP contribution in [0.2, 0.25) is 0 Å². The second-order valence-electron chi connectivity index (χ2n) is 8.14. The van der Waals surface area contributed by atoms with Gasteiger partial charge in [0.1, 0.15) is 16.9 Å². The van der Waals surface area contributed by atoms with E-state index in [-0.39, 0.29) is 35.3 Å². The Morgan fingerprint density at radius 3 is 2.57 bits per heavy atom. The van der Waals surface area contributed by atoms with Gasteiger partial charge in [0.05, 0.1) is 25.2 Å². The van der Waals surface area contributed by atoms with Crippen LogP contribution >= 0.6 is 35.3 Å². The van der Waals surface area contributed by atoms with Crippen molar-refractivity contribution in [3.05, 3.63) is 67.9 Å². The van der Waals surface area contributed by atoms with Gasteiger partial charge in [0.25, 0.3) is 5.56 Å². The van der Waals surface area contributed by atoms with Crippen LogP contribution < -0.4 is 10.3 Å². The van der Waals surface area contributed by atoms with Crippen LogP contribution in [0.4, 0.5) is 0 Å². The highest BCUT2D eigenvalue weighted by Crippen LogP contribution is 2.30. The molecule has 0 aliphatic carbocycles. The number of carbonyl (C=O) groups is 2. The van der Waals surface area contributed by atoms with Gasteiger partial charge < -0.3 is 9.47 Å². The highest BCUT2D eigenvalue weighted by atomic mass is 32.2. The Hall–Kier alpha value is -3.28. The zero-order valence-electron chi connectivity index (χ0n) is 20.8. The lowest BCUT2D eigenvalue weighted by atomic mass is 10.1. The average molecular weight is 556 g/mol. The number of esters is 1. The Morgan fingerprint density at radius 2 is 1.86 bits per heavy atom. The third-order valence-electron chi connectivity index (χ3n) is 5.66. The number of hydrogen-bond donors (Lipinski definition) is 0. The molecule has 11 heteroatoms. The number of methoxy groups -OCH3 is 1. The van der Waals surface area contributed by atoms with Gasteiger partial charge in [0.2, 0.25) is 0 Å². The Bertz CT molecular complexity index is 1620. The fourth-order valence-electron chi connectivity index (χ4n) is 3.72. The first-order valence-electron chi connectivity index (χ1n) is 11.4. The maximum absolute atomic E-state index is 13.9. The number of aromatic nitrogens is 3. The van der Waals surface area contributed by atoms with Crippen LogP contribution in [0.1, 0.15) is 24.5 Å². The normalized spacial score (nSPS) is 11.0. The molecule has 0 spiro atoms. The van der Waals surface area contributed by atoms with Crippen molar-refractivity contribution in [2.45, 2.75) is 32.3 Å². The predicted molar refractivity (Wildman–Crippen MR) is 148 cm³/mol. The van der Waals surface area contributed by atoms with Crippen LogP contribution in [0.25, 0.3) is 21.7 Å². The van der Waals surface area contributed by atoms with Crippen LogP contribution in [0.3, 0.4) is 0 Å². The van der Waals surface area contributed by atoms with Crippen molar-refractivity contribution in [1.82, 2.24) is 14.1 Å². The van der Waals surface area contributed by atoms with E-state index in [0.29, 0.717) is 25.7 Å². The van der Waals surface area contributed by atoms with E-state index in [4.69, 9.17) is 26.7 Å². The number of para-hydroxylation sites is 2. The van der Waals surface area contributed by atoms with E-state index in [9.17, 15) is 14.4 Å². The Labute approximate surface area is 226 Å². The number of hydrogen-bond acceptors (Lipinski definition) is 9. The van der Waals surface area contributed by atoms with Gasteiger partial charge in [-0.25, -0.2) is 4.98 Å². The summed E-state index contributed by atoms with van der Waals surface area (Å²) in [5.74, 6) is -0.511. The van der Waals surface area contributed by atoms with E-state index in [1.807, 2.05) is 32.0 Å². The number of Topliss-reactive ketones (excluding diaryl/α,β-unsaturated/α-hetero) is 1. The molecule has 0 bridgehead atoms. The second-order valence-corrected chi connectivity index (χ2v) is 10.7. The first-order chi connectivity index (χ1) is 17.7. The molecule has 0 fully saturated rings. The molecular formula is C26H25N3O5S3. The van der Waals surface area contributed by atoms with Crippen molar-refractivity contribution >= 4 is 57.4 Å². The summed E-state index contributed by atoms with van der Waals surface area (Å²) in [6.45, 7) is 5.91. The van der Waals surface area contributed by atoms with Gasteiger partial charge in [-0.15, -0.1) is 0 Å². The van der Waals surface area contributed by atoms with Gasteiger partial charge in [-0.3, -0.25) is 23.5 Å². The van der Waals surface area contributed by atoms with Crippen LogP contribution in [-0.4, -0.2) is 45.3 Å². The molecule has 0 saturated carbocycles. The van der Waals surface area contributed by atoms with E-state index >= 15 is 0 Å². The summed E-state index contributed by atoms with van der Waals surface area (Å²) in [5, 5.41) is 0.282. The van der Waals surface area contributed by atoms with E-state index < -0.39 is 5.97 Å². The fourth-order valence-corrected chi connectivity index (χ4v) is 5.88. The summed E-state index contributed by atoms with van der Waals surface area (Å²) < 4.78 is 14.5. The standard InChI is InChI=1S/C26H25N3O5S3/c1-5-34-21(31)13-18(30)14-36-25-27-23-22(24(32)29(25)19-8-6-7-9-20(19)33-4)37-26(35)28(23)17-11-10-15(2)16(3)12-17/h6-12H,5,13-14H2,1-4H3. The molecule has 0 radical (unpaired) electrons. The number of carbonyl (C=O) groups excluding carboxylic acids is 2. The van der Waals surface area contributed by atoms with E-state index in [1.54, 1.807) is 35.8 Å². The second kappa shape index (κ2) is 11.4. The summed E-state index contributed by atoms with van der Waals surface area (Å²) in [6, 6.07) is 13.0.